The first kappa shape index (κ1) is 15.7. The number of carbonyl (C=O) groups is 2. The molecule has 0 spiro atoms. The lowest BCUT2D eigenvalue weighted by Gasteiger charge is -2.30. The van der Waals surface area contributed by atoms with Crippen LogP contribution in [0.25, 0.3) is 0 Å². The number of aliphatic carboxylic acids is 1. The van der Waals surface area contributed by atoms with E-state index >= 15 is 0 Å². The minimum Gasteiger partial charge on any atom is -0.480 e. The number of nitrogens with one attached hydrogen (secondary N) is 2. The second-order valence-electron chi connectivity index (χ2n) is 4.46. The number of likely N-dealkylation sites (N-methyl/N-ethyl adjacent to an activating group) is 1. The van der Waals surface area contributed by atoms with Crippen LogP contribution in [0.1, 0.15) is 0 Å². The van der Waals surface area contributed by atoms with Crippen molar-refractivity contribution in [3.05, 3.63) is 0 Å². The van der Waals surface area contributed by atoms with E-state index in [4.69, 9.17) is 14.6 Å². The van der Waals surface area contributed by atoms with Crippen LogP contribution in [0.5, 0.6) is 0 Å². The molecule has 0 saturated carbocycles. The van der Waals surface area contributed by atoms with E-state index in [0.717, 1.165) is 13.1 Å². The molecule has 2 atom stereocenters. The molecule has 1 aliphatic rings. The highest BCUT2D eigenvalue weighted by atomic mass is 16.5. The van der Waals surface area contributed by atoms with Crippen LogP contribution in [0, 0.1) is 0 Å². The standard InChI is InChI=1S/C11H21N3O5/c1-14-3-4-19-8(6-14)5-12-11(17)13-9(7-18-2)10(15)16/h8-9H,3-7H2,1-2H3,(H,15,16)(H2,12,13,17). The molecule has 1 heterocycles. The van der Waals surface area contributed by atoms with Gasteiger partial charge >= 0.3 is 12.0 Å². The molecule has 0 aromatic carbocycles. The van der Waals surface area contributed by atoms with E-state index in [9.17, 15) is 9.59 Å². The molecule has 2 unspecified atom stereocenters. The van der Waals surface area contributed by atoms with Crippen molar-refractivity contribution in [2.75, 3.05) is 47.0 Å². The summed E-state index contributed by atoms with van der Waals surface area (Å²) in [7, 11) is 3.36. The van der Waals surface area contributed by atoms with Crippen LogP contribution in [-0.4, -0.2) is 81.2 Å². The molecule has 8 heteroatoms. The van der Waals surface area contributed by atoms with Gasteiger partial charge in [-0.1, -0.05) is 0 Å². The maximum absolute atomic E-state index is 11.5. The smallest absolute Gasteiger partial charge is 0.328 e. The van der Waals surface area contributed by atoms with Crippen molar-refractivity contribution in [1.29, 1.82) is 0 Å². The Morgan fingerprint density at radius 3 is 2.89 bits per heavy atom. The van der Waals surface area contributed by atoms with Crippen LogP contribution < -0.4 is 10.6 Å². The Hall–Kier alpha value is -1.38. The Morgan fingerprint density at radius 2 is 2.32 bits per heavy atom. The van der Waals surface area contributed by atoms with E-state index in [-0.39, 0.29) is 12.7 Å². The Labute approximate surface area is 112 Å². The van der Waals surface area contributed by atoms with Gasteiger partial charge in [-0.25, -0.2) is 9.59 Å². The molecule has 0 aromatic heterocycles. The van der Waals surface area contributed by atoms with Crippen molar-refractivity contribution in [1.82, 2.24) is 15.5 Å². The Kier molecular flexibility index (Phi) is 6.54. The third-order valence-corrected chi connectivity index (χ3v) is 2.77. The number of hydrogen-bond acceptors (Lipinski definition) is 5. The number of rotatable bonds is 6. The zero-order valence-electron chi connectivity index (χ0n) is 11.2. The van der Waals surface area contributed by atoms with E-state index in [1.165, 1.54) is 7.11 Å². The highest BCUT2D eigenvalue weighted by Crippen LogP contribution is 2.01. The van der Waals surface area contributed by atoms with Crippen molar-refractivity contribution in [3.63, 3.8) is 0 Å². The number of nitrogens with zero attached hydrogens (tertiary/aromatic N) is 1. The molecule has 1 fully saturated rings. The average Bonchev–Trinajstić information content (AvgIpc) is 2.36. The van der Waals surface area contributed by atoms with Gasteiger partial charge in [-0.05, 0) is 7.05 Å². The third-order valence-electron chi connectivity index (χ3n) is 2.77. The number of amides is 2. The van der Waals surface area contributed by atoms with Crippen molar-refractivity contribution in [3.8, 4) is 0 Å². The molecular weight excluding hydrogens is 254 g/mol. The predicted octanol–water partition coefficient (Wildman–Crippen LogP) is -1.28. The van der Waals surface area contributed by atoms with E-state index in [1.54, 1.807) is 0 Å². The van der Waals surface area contributed by atoms with Gasteiger partial charge in [0.15, 0.2) is 6.04 Å². The summed E-state index contributed by atoms with van der Waals surface area (Å²) in [5.74, 6) is -1.13. The van der Waals surface area contributed by atoms with E-state index in [2.05, 4.69) is 15.5 Å². The molecule has 0 bridgehead atoms. The number of hydrogen-bond donors (Lipinski definition) is 3. The zero-order valence-corrected chi connectivity index (χ0v) is 11.2. The molecule has 110 valence electrons. The highest BCUT2D eigenvalue weighted by Gasteiger charge is 2.21. The minimum absolute atomic E-state index is 0.0739. The first-order valence-corrected chi connectivity index (χ1v) is 6.09. The molecule has 0 radical (unpaired) electrons. The van der Waals surface area contributed by atoms with E-state index in [0.29, 0.717) is 13.2 Å². The molecule has 1 rings (SSSR count). The lowest BCUT2D eigenvalue weighted by Crippen LogP contribution is -2.51. The van der Waals surface area contributed by atoms with Gasteiger partial charge in [-0.3, -0.25) is 0 Å². The van der Waals surface area contributed by atoms with Gasteiger partial charge in [0.25, 0.3) is 0 Å². The fourth-order valence-corrected chi connectivity index (χ4v) is 1.75. The fraction of sp³-hybridized carbons (Fsp3) is 0.818. The first-order valence-electron chi connectivity index (χ1n) is 6.09. The Balaban J connectivity index is 2.28. The van der Waals surface area contributed by atoms with Crippen molar-refractivity contribution in [2.45, 2.75) is 12.1 Å². The number of carboxylic acid groups (broad SMARTS) is 1. The summed E-state index contributed by atoms with van der Waals surface area (Å²) in [6.45, 7) is 2.51. The number of ether oxygens (including phenoxy) is 2. The lowest BCUT2D eigenvalue weighted by atomic mass is 10.3. The molecule has 2 amide bonds. The number of morpholine rings is 1. The van der Waals surface area contributed by atoms with E-state index in [1.807, 2.05) is 7.05 Å². The zero-order chi connectivity index (χ0) is 14.3. The second kappa shape index (κ2) is 7.93. The molecule has 0 aliphatic carbocycles. The molecular formula is C11H21N3O5. The van der Waals surface area contributed by atoms with Crippen LogP contribution in [-0.2, 0) is 14.3 Å². The Morgan fingerprint density at radius 1 is 1.58 bits per heavy atom. The monoisotopic (exact) mass is 275 g/mol. The summed E-state index contributed by atoms with van der Waals surface area (Å²) in [5, 5.41) is 13.8. The molecule has 8 nitrogen and oxygen atoms in total. The first-order chi connectivity index (χ1) is 9.02. The second-order valence-corrected chi connectivity index (χ2v) is 4.46. The van der Waals surface area contributed by atoms with Crippen LogP contribution in [0.3, 0.4) is 0 Å². The number of urea groups is 1. The minimum atomic E-state index is -1.13. The SMILES string of the molecule is COCC(NC(=O)NCC1CN(C)CCO1)C(=O)O. The Bertz CT molecular complexity index is 313. The van der Waals surface area contributed by atoms with Gasteiger partial charge in [-0.15, -0.1) is 0 Å². The largest absolute Gasteiger partial charge is 0.480 e. The number of carboxylic acids is 1. The molecule has 1 aliphatic heterocycles. The van der Waals surface area contributed by atoms with Crippen molar-refractivity contribution < 1.29 is 24.2 Å². The number of carbonyl (C=O) groups excluding carboxylic acids is 1. The van der Waals surface area contributed by atoms with Gasteiger partial charge in [0.2, 0.25) is 0 Å². The average molecular weight is 275 g/mol. The van der Waals surface area contributed by atoms with Gasteiger partial charge < -0.3 is 30.1 Å². The topological polar surface area (TPSA) is 100 Å². The summed E-state index contributed by atoms with van der Waals surface area (Å²) in [6.07, 6.45) is -0.0739. The molecule has 19 heavy (non-hydrogen) atoms. The normalized spacial score (nSPS) is 21.7. The summed E-state index contributed by atoms with van der Waals surface area (Å²) in [5.41, 5.74) is 0. The van der Waals surface area contributed by atoms with Crippen molar-refractivity contribution in [2.24, 2.45) is 0 Å². The maximum atomic E-state index is 11.5. The summed E-state index contributed by atoms with van der Waals surface area (Å²) < 4.78 is 10.2. The van der Waals surface area contributed by atoms with Crippen molar-refractivity contribution >= 4 is 12.0 Å². The third kappa shape index (κ3) is 5.86. The van der Waals surface area contributed by atoms with E-state index < -0.39 is 18.0 Å². The summed E-state index contributed by atoms with van der Waals surface area (Å²) in [4.78, 5) is 24.5. The molecule has 1 saturated heterocycles. The van der Waals surface area contributed by atoms with Gasteiger partial charge in [0.05, 0.1) is 19.3 Å². The van der Waals surface area contributed by atoms with Crippen LogP contribution in [0.2, 0.25) is 0 Å². The summed E-state index contributed by atoms with van der Waals surface area (Å²) in [6, 6.07) is -1.60. The molecule has 3 N–H and O–H groups in total. The predicted molar refractivity (Wildman–Crippen MR) is 67.1 cm³/mol. The van der Waals surface area contributed by atoms with Gasteiger partial charge in [0, 0.05) is 26.7 Å². The molecule has 0 aromatic rings. The van der Waals surface area contributed by atoms with Crippen LogP contribution >= 0.6 is 0 Å². The lowest BCUT2D eigenvalue weighted by molar-refractivity contribution is -0.140. The highest BCUT2D eigenvalue weighted by molar-refractivity contribution is 5.82. The quantitative estimate of drug-likeness (QED) is 0.558. The van der Waals surface area contributed by atoms with Gasteiger partial charge in [0.1, 0.15) is 0 Å². The fourth-order valence-electron chi connectivity index (χ4n) is 1.75. The van der Waals surface area contributed by atoms with Gasteiger partial charge in [-0.2, -0.15) is 0 Å². The van der Waals surface area contributed by atoms with Crippen LogP contribution in [0.4, 0.5) is 4.79 Å². The van der Waals surface area contributed by atoms with Crippen LogP contribution in [0.15, 0.2) is 0 Å². The number of methoxy groups -OCH3 is 1. The summed E-state index contributed by atoms with van der Waals surface area (Å²) >= 11 is 0. The maximum Gasteiger partial charge on any atom is 0.328 e.